The second kappa shape index (κ2) is 6.38. The van der Waals surface area contributed by atoms with Crippen LogP contribution in [0.2, 0.25) is 0 Å². The minimum absolute atomic E-state index is 0.161. The molecule has 2 nitrogen and oxygen atoms in total. The van der Waals surface area contributed by atoms with Crippen molar-refractivity contribution in [3.05, 3.63) is 34.8 Å². The van der Waals surface area contributed by atoms with Gasteiger partial charge in [-0.25, -0.2) is 0 Å². The summed E-state index contributed by atoms with van der Waals surface area (Å²) in [4.78, 5) is 0. The summed E-state index contributed by atoms with van der Waals surface area (Å²) < 4.78 is 45.4. The summed E-state index contributed by atoms with van der Waals surface area (Å²) in [5.74, 6) is 0.582. The molecule has 0 aliphatic rings. The zero-order valence-corrected chi connectivity index (χ0v) is 11.6. The molecule has 0 aliphatic carbocycles. The molecule has 0 unspecified atom stereocenters. The Morgan fingerprint density at radius 1 is 1.39 bits per heavy atom. The average Bonchev–Trinajstić information content (AvgIpc) is 2.27. The van der Waals surface area contributed by atoms with Gasteiger partial charge in [0.05, 0.1) is 4.47 Å². The Bertz CT molecular complexity index is 435. The highest BCUT2D eigenvalue weighted by molar-refractivity contribution is 9.10. The van der Waals surface area contributed by atoms with E-state index < -0.39 is 6.36 Å². The second-order valence-corrected chi connectivity index (χ2v) is 4.51. The maximum atomic E-state index is 12.0. The van der Waals surface area contributed by atoms with Crippen LogP contribution < -0.4 is 9.47 Å². The summed E-state index contributed by atoms with van der Waals surface area (Å²) >= 11 is 6.99. The third kappa shape index (κ3) is 5.22. The maximum absolute atomic E-state index is 12.0. The van der Waals surface area contributed by atoms with Gasteiger partial charge >= 0.3 is 6.36 Å². The highest BCUT2D eigenvalue weighted by Gasteiger charge is 2.31. The molecule has 0 heterocycles. The minimum atomic E-state index is -4.72. The number of benzene rings is 1. The van der Waals surface area contributed by atoms with Crippen LogP contribution in [0.1, 0.15) is 0 Å². The highest BCUT2D eigenvalue weighted by Crippen LogP contribution is 2.33. The van der Waals surface area contributed by atoms with Crippen molar-refractivity contribution in [2.24, 2.45) is 0 Å². The van der Waals surface area contributed by atoms with Crippen LogP contribution in [0, 0.1) is 0 Å². The lowest BCUT2D eigenvalue weighted by Crippen LogP contribution is -2.17. The normalized spacial score (nSPS) is 11.2. The van der Waals surface area contributed by atoms with Gasteiger partial charge in [0.1, 0.15) is 18.1 Å². The fraction of sp³-hybridized carbons (Fsp3) is 0.273. The van der Waals surface area contributed by atoms with E-state index in [0.29, 0.717) is 11.5 Å². The van der Waals surface area contributed by atoms with Crippen LogP contribution in [0.15, 0.2) is 34.8 Å². The number of hydrogen-bond donors (Lipinski definition) is 1. The summed E-state index contributed by atoms with van der Waals surface area (Å²) in [7, 11) is 0. The number of alkyl halides is 3. The summed E-state index contributed by atoms with van der Waals surface area (Å²) in [6.45, 7) is 3.95. The van der Waals surface area contributed by atoms with E-state index in [-0.39, 0.29) is 16.8 Å². The predicted octanol–water partition coefficient (Wildman–Crippen LogP) is 4.21. The van der Waals surface area contributed by atoms with Crippen LogP contribution in [-0.4, -0.2) is 18.7 Å². The molecule has 0 amide bonds. The van der Waals surface area contributed by atoms with E-state index in [9.17, 15) is 13.2 Å². The molecule has 0 aliphatic heterocycles. The molecule has 0 saturated carbocycles. The van der Waals surface area contributed by atoms with E-state index in [4.69, 9.17) is 4.74 Å². The number of hydrogen-bond acceptors (Lipinski definition) is 3. The summed E-state index contributed by atoms with van der Waals surface area (Å²) in [6, 6.07) is 3.96. The zero-order chi connectivity index (χ0) is 13.8. The monoisotopic (exact) mass is 342 g/mol. The van der Waals surface area contributed by atoms with Gasteiger partial charge in [0.15, 0.2) is 0 Å². The first-order chi connectivity index (χ1) is 8.31. The van der Waals surface area contributed by atoms with Gasteiger partial charge in [0, 0.05) is 5.75 Å². The molecule has 0 radical (unpaired) electrons. The molecule has 0 bridgehead atoms. The minimum Gasteiger partial charge on any atom is -0.489 e. The Morgan fingerprint density at radius 3 is 2.56 bits per heavy atom. The molecule has 100 valence electrons. The lowest BCUT2D eigenvalue weighted by Gasteiger charge is -2.12. The molecule has 0 atom stereocenters. The van der Waals surface area contributed by atoms with Crippen LogP contribution >= 0.6 is 28.6 Å². The van der Waals surface area contributed by atoms with Crippen molar-refractivity contribution in [3.63, 3.8) is 0 Å². The van der Waals surface area contributed by atoms with Crippen LogP contribution in [-0.2, 0) is 0 Å². The van der Waals surface area contributed by atoms with Crippen molar-refractivity contribution < 1.29 is 22.6 Å². The van der Waals surface area contributed by atoms with Crippen LogP contribution in [0.5, 0.6) is 11.5 Å². The Labute approximate surface area is 116 Å². The van der Waals surface area contributed by atoms with Gasteiger partial charge in [-0.1, -0.05) is 6.58 Å². The molecule has 0 fully saturated rings. The van der Waals surface area contributed by atoms with Gasteiger partial charge in [0.25, 0.3) is 0 Å². The lowest BCUT2D eigenvalue weighted by atomic mass is 10.3. The van der Waals surface area contributed by atoms with Gasteiger partial charge in [-0.05, 0) is 39.7 Å². The Morgan fingerprint density at radius 2 is 2.06 bits per heavy atom. The van der Waals surface area contributed by atoms with Crippen LogP contribution in [0.4, 0.5) is 13.2 Å². The highest BCUT2D eigenvalue weighted by atomic mass is 79.9. The molecule has 0 N–H and O–H groups in total. The molecule has 0 spiro atoms. The second-order valence-electron chi connectivity index (χ2n) is 3.34. The van der Waals surface area contributed by atoms with Gasteiger partial charge in [-0.2, -0.15) is 12.6 Å². The maximum Gasteiger partial charge on any atom is 0.573 e. The molecule has 1 aromatic carbocycles. The van der Waals surface area contributed by atoms with E-state index in [1.165, 1.54) is 18.2 Å². The predicted molar refractivity (Wildman–Crippen MR) is 69.3 cm³/mol. The fourth-order valence-corrected chi connectivity index (χ4v) is 1.54. The number of thiol groups is 1. The van der Waals surface area contributed by atoms with E-state index >= 15 is 0 Å². The van der Waals surface area contributed by atoms with E-state index in [1.54, 1.807) is 0 Å². The summed E-state index contributed by atoms with van der Waals surface area (Å²) in [5, 5.41) is 0. The quantitative estimate of drug-likeness (QED) is 0.638. The molecule has 0 aromatic heterocycles. The molecule has 7 heteroatoms. The van der Waals surface area contributed by atoms with Crippen molar-refractivity contribution in [2.45, 2.75) is 6.36 Å². The van der Waals surface area contributed by atoms with Crippen molar-refractivity contribution in [1.29, 1.82) is 0 Å². The number of ether oxygens (including phenoxy) is 2. The SMILES string of the molecule is C=C(CS)COc1ccc(OC(F)(F)F)c(Br)c1. The first kappa shape index (κ1) is 15.2. The van der Waals surface area contributed by atoms with Crippen molar-refractivity contribution in [1.82, 2.24) is 0 Å². The van der Waals surface area contributed by atoms with E-state index in [0.717, 1.165) is 5.57 Å². The number of halogens is 4. The van der Waals surface area contributed by atoms with Crippen LogP contribution in [0.3, 0.4) is 0 Å². The Balaban J connectivity index is 2.70. The van der Waals surface area contributed by atoms with Crippen molar-refractivity contribution in [3.8, 4) is 11.5 Å². The zero-order valence-electron chi connectivity index (χ0n) is 9.13. The lowest BCUT2D eigenvalue weighted by molar-refractivity contribution is -0.274. The third-order valence-electron chi connectivity index (χ3n) is 1.80. The van der Waals surface area contributed by atoms with Gasteiger partial charge in [-0.3, -0.25) is 0 Å². The van der Waals surface area contributed by atoms with E-state index in [2.05, 4.69) is 39.9 Å². The van der Waals surface area contributed by atoms with Gasteiger partial charge in [-0.15, -0.1) is 13.2 Å². The van der Waals surface area contributed by atoms with Crippen molar-refractivity contribution >= 4 is 28.6 Å². The number of rotatable bonds is 5. The molecular weight excluding hydrogens is 333 g/mol. The molecular formula is C11H10BrF3O2S. The van der Waals surface area contributed by atoms with Crippen LogP contribution in [0.25, 0.3) is 0 Å². The molecule has 1 rings (SSSR count). The third-order valence-corrected chi connectivity index (χ3v) is 2.86. The van der Waals surface area contributed by atoms with E-state index in [1.807, 2.05) is 0 Å². The smallest absolute Gasteiger partial charge is 0.489 e. The standard InChI is InChI=1S/C11H10BrF3O2S/c1-7(6-18)5-16-8-2-3-10(9(12)4-8)17-11(13,14)15/h2-4,18H,1,5-6H2. The van der Waals surface area contributed by atoms with Gasteiger partial charge in [0.2, 0.25) is 0 Å². The fourth-order valence-electron chi connectivity index (χ4n) is 1.01. The summed E-state index contributed by atoms with van der Waals surface area (Å²) in [6.07, 6.45) is -4.72. The Kier molecular flexibility index (Phi) is 5.40. The largest absolute Gasteiger partial charge is 0.573 e. The summed E-state index contributed by atoms with van der Waals surface area (Å²) in [5.41, 5.74) is 0.769. The molecule has 1 aromatic rings. The first-order valence-corrected chi connectivity index (χ1v) is 6.20. The average molecular weight is 343 g/mol. The Hall–Kier alpha value is -0.820. The van der Waals surface area contributed by atoms with Gasteiger partial charge < -0.3 is 9.47 Å². The first-order valence-electron chi connectivity index (χ1n) is 4.77. The van der Waals surface area contributed by atoms with Crippen molar-refractivity contribution in [2.75, 3.05) is 12.4 Å². The molecule has 18 heavy (non-hydrogen) atoms. The topological polar surface area (TPSA) is 18.5 Å². The molecule has 0 saturated heterocycles.